The van der Waals surface area contributed by atoms with E-state index in [9.17, 15) is 21.4 Å². The van der Waals surface area contributed by atoms with Crippen LogP contribution in [0.4, 0.5) is 0 Å². The van der Waals surface area contributed by atoms with Gasteiger partial charge in [0.1, 0.15) is 0 Å². The lowest BCUT2D eigenvalue weighted by Crippen LogP contribution is -2.08. The molecule has 0 amide bonds. The van der Waals surface area contributed by atoms with E-state index in [0.29, 0.717) is 5.56 Å². The Bertz CT molecular complexity index is 1190. The van der Waals surface area contributed by atoms with Crippen molar-refractivity contribution in [1.82, 2.24) is 0 Å². The summed E-state index contributed by atoms with van der Waals surface area (Å²) >= 11 is 0. The van der Waals surface area contributed by atoms with Crippen LogP contribution in [0.15, 0.2) is 82.6 Å². The van der Waals surface area contributed by atoms with E-state index < -0.39 is 20.2 Å². The van der Waals surface area contributed by atoms with Gasteiger partial charge < -0.3 is 0 Å². The minimum atomic E-state index is -4.30. The monoisotopic (exact) mass is 422 g/mol. The van der Waals surface area contributed by atoms with Gasteiger partial charge in [-0.15, -0.1) is 0 Å². The van der Waals surface area contributed by atoms with Gasteiger partial charge >= 0.3 is 0 Å². The summed E-state index contributed by atoms with van der Waals surface area (Å²) in [5, 5.41) is 1.77. The fourth-order valence-corrected chi connectivity index (χ4v) is 4.73. The molecule has 0 aliphatic rings. The Hall–Kier alpha value is -2.09. The molecular weight excluding hydrogens is 407 g/mol. The van der Waals surface area contributed by atoms with Crippen molar-refractivity contribution in [2.45, 2.75) is 9.79 Å². The van der Waals surface area contributed by atoms with Crippen LogP contribution < -0.4 is 10.6 Å². The summed E-state index contributed by atoms with van der Waals surface area (Å²) in [6, 6.07) is 19.3. The van der Waals surface area contributed by atoms with E-state index >= 15 is 0 Å². The van der Waals surface area contributed by atoms with Crippen molar-refractivity contribution < 1.29 is 25.9 Å². The standard InChI is InChI=1S/C18H15O6PS2/c19-26(20,21)15-10-8-14(9-11-15)25-18-7-2-1-6-17(18)13-4-3-5-16(12-13)27(22,23)24/h1-12,25H,(H,19,20,21)(H,22,23,24). The number of rotatable bonds is 5. The molecule has 0 spiro atoms. The molecule has 140 valence electrons. The highest BCUT2D eigenvalue weighted by molar-refractivity contribution is 7.86. The third-order valence-electron chi connectivity index (χ3n) is 3.80. The lowest BCUT2D eigenvalue weighted by molar-refractivity contribution is 0.481. The van der Waals surface area contributed by atoms with Gasteiger partial charge in [0.05, 0.1) is 9.79 Å². The van der Waals surface area contributed by atoms with Crippen LogP contribution in [-0.4, -0.2) is 25.9 Å². The van der Waals surface area contributed by atoms with Crippen LogP contribution >= 0.6 is 8.58 Å². The maximum absolute atomic E-state index is 11.4. The molecule has 0 aromatic heterocycles. The third kappa shape index (κ3) is 4.80. The lowest BCUT2D eigenvalue weighted by Gasteiger charge is -2.11. The van der Waals surface area contributed by atoms with Gasteiger partial charge in [0.25, 0.3) is 20.2 Å². The molecule has 0 bridgehead atoms. The SMILES string of the molecule is O=S(=O)(O)c1ccc(Pc2ccccc2-c2cccc(S(=O)(=O)O)c2)cc1. The summed E-state index contributed by atoms with van der Waals surface area (Å²) in [6.07, 6.45) is 0. The normalized spacial score (nSPS) is 12.5. The van der Waals surface area contributed by atoms with Crippen LogP contribution in [0, 0.1) is 0 Å². The van der Waals surface area contributed by atoms with E-state index in [1.807, 2.05) is 24.3 Å². The van der Waals surface area contributed by atoms with Gasteiger partial charge in [-0.1, -0.05) is 57.1 Å². The molecule has 3 aromatic rings. The van der Waals surface area contributed by atoms with Crippen molar-refractivity contribution in [3.05, 3.63) is 72.8 Å². The minimum Gasteiger partial charge on any atom is -0.282 e. The van der Waals surface area contributed by atoms with E-state index in [4.69, 9.17) is 4.55 Å². The minimum absolute atomic E-state index is 0.176. The summed E-state index contributed by atoms with van der Waals surface area (Å²) in [6.45, 7) is 0. The smallest absolute Gasteiger partial charge is 0.282 e. The van der Waals surface area contributed by atoms with E-state index in [-0.39, 0.29) is 18.4 Å². The van der Waals surface area contributed by atoms with Crippen LogP contribution in [0.25, 0.3) is 11.1 Å². The van der Waals surface area contributed by atoms with Gasteiger partial charge in [-0.2, -0.15) is 16.8 Å². The predicted molar refractivity (Wildman–Crippen MR) is 106 cm³/mol. The molecule has 0 fully saturated rings. The molecular formula is C18H15O6PS2. The van der Waals surface area contributed by atoms with Crippen LogP contribution in [0.5, 0.6) is 0 Å². The fourth-order valence-electron chi connectivity index (χ4n) is 2.53. The highest BCUT2D eigenvalue weighted by Gasteiger charge is 2.13. The summed E-state index contributed by atoms with van der Waals surface area (Å²) < 4.78 is 63.4. The highest BCUT2D eigenvalue weighted by atomic mass is 32.2. The van der Waals surface area contributed by atoms with Crippen LogP contribution in [-0.2, 0) is 20.2 Å². The molecule has 9 heteroatoms. The van der Waals surface area contributed by atoms with Crippen molar-refractivity contribution in [1.29, 1.82) is 0 Å². The largest absolute Gasteiger partial charge is 0.294 e. The van der Waals surface area contributed by atoms with Gasteiger partial charge in [-0.05, 0) is 46.0 Å². The highest BCUT2D eigenvalue weighted by Crippen LogP contribution is 2.26. The van der Waals surface area contributed by atoms with Crippen LogP contribution in [0.2, 0.25) is 0 Å². The molecule has 2 N–H and O–H groups in total. The summed E-state index contributed by atoms with van der Waals surface area (Å²) in [7, 11) is -8.37. The summed E-state index contributed by atoms with van der Waals surface area (Å²) in [4.78, 5) is -0.360. The van der Waals surface area contributed by atoms with Crippen molar-refractivity contribution in [2.24, 2.45) is 0 Å². The molecule has 1 atom stereocenters. The zero-order valence-corrected chi connectivity index (χ0v) is 16.4. The lowest BCUT2D eigenvalue weighted by atomic mass is 10.1. The Kier molecular flexibility index (Phi) is 5.46. The second kappa shape index (κ2) is 7.50. The van der Waals surface area contributed by atoms with Crippen LogP contribution in [0.3, 0.4) is 0 Å². The van der Waals surface area contributed by atoms with Gasteiger partial charge in [-0.3, -0.25) is 9.11 Å². The van der Waals surface area contributed by atoms with Gasteiger partial charge in [0.2, 0.25) is 0 Å². The molecule has 6 nitrogen and oxygen atoms in total. The molecule has 0 saturated carbocycles. The van der Waals surface area contributed by atoms with Crippen molar-refractivity contribution in [3.63, 3.8) is 0 Å². The molecule has 0 aliphatic heterocycles. The van der Waals surface area contributed by atoms with E-state index in [2.05, 4.69) is 0 Å². The topological polar surface area (TPSA) is 109 Å². The molecule has 3 aromatic carbocycles. The Labute approximate surface area is 159 Å². The molecule has 0 aliphatic carbocycles. The molecule has 1 unspecified atom stereocenters. The zero-order valence-electron chi connectivity index (χ0n) is 13.8. The maximum Gasteiger partial charge on any atom is 0.294 e. The zero-order chi connectivity index (χ0) is 19.7. The summed E-state index contributed by atoms with van der Waals surface area (Å²) in [5.41, 5.74) is 1.45. The molecule has 0 saturated heterocycles. The number of hydrogen-bond acceptors (Lipinski definition) is 4. The Morgan fingerprint density at radius 2 is 1.30 bits per heavy atom. The molecule has 27 heavy (non-hydrogen) atoms. The van der Waals surface area contributed by atoms with E-state index in [1.165, 1.54) is 24.3 Å². The average molecular weight is 422 g/mol. The molecule has 0 radical (unpaired) electrons. The molecule has 3 rings (SSSR count). The number of hydrogen-bond donors (Lipinski definition) is 2. The van der Waals surface area contributed by atoms with Crippen molar-refractivity contribution >= 4 is 39.4 Å². The predicted octanol–water partition coefficient (Wildman–Crippen LogP) is 2.48. The second-order valence-electron chi connectivity index (χ2n) is 5.67. The fraction of sp³-hybridized carbons (Fsp3) is 0. The average Bonchev–Trinajstić information content (AvgIpc) is 2.61. The van der Waals surface area contributed by atoms with Crippen molar-refractivity contribution in [2.75, 3.05) is 0 Å². The Morgan fingerprint density at radius 1 is 0.667 bits per heavy atom. The first-order chi connectivity index (χ1) is 12.6. The Balaban J connectivity index is 1.98. The molecule has 0 heterocycles. The van der Waals surface area contributed by atoms with Gasteiger partial charge in [0.15, 0.2) is 0 Å². The third-order valence-corrected chi connectivity index (χ3v) is 6.85. The first kappa shape index (κ1) is 19.7. The number of benzene rings is 3. The van der Waals surface area contributed by atoms with E-state index in [0.717, 1.165) is 16.2 Å². The maximum atomic E-state index is 11.4. The quantitative estimate of drug-likeness (QED) is 0.483. The second-order valence-corrected chi connectivity index (χ2v) is 9.88. The van der Waals surface area contributed by atoms with Gasteiger partial charge in [0, 0.05) is 0 Å². The first-order valence-corrected chi connectivity index (χ1v) is 11.5. The van der Waals surface area contributed by atoms with E-state index in [1.54, 1.807) is 24.3 Å². The first-order valence-electron chi connectivity index (χ1n) is 7.66. The van der Waals surface area contributed by atoms with Crippen molar-refractivity contribution in [3.8, 4) is 11.1 Å². The van der Waals surface area contributed by atoms with Crippen LogP contribution in [0.1, 0.15) is 0 Å². The Morgan fingerprint density at radius 3 is 1.93 bits per heavy atom. The summed E-state index contributed by atoms with van der Waals surface area (Å²) in [5.74, 6) is 0. The van der Waals surface area contributed by atoms with Gasteiger partial charge in [-0.25, -0.2) is 0 Å².